The fraction of sp³-hybridized carbons (Fsp3) is 0.312. The Morgan fingerprint density at radius 1 is 1.38 bits per heavy atom. The van der Waals surface area contributed by atoms with Gasteiger partial charge in [0.05, 0.1) is 17.9 Å². The van der Waals surface area contributed by atoms with Crippen LogP contribution in [-0.4, -0.2) is 34.5 Å². The molecular formula is C16H16F2N4O2. The normalized spacial score (nSPS) is 17.3. The number of aromatic nitrogens is 2. The van der Waals surface area contributed by atoms with Gasteiger partial charge in [0.15, 0.2) is 0 Å². The molecule has 2 amide bonds. The van der Waals surface area contributed by atoms with Gasteiger partial charge in [0.25, 0.3) is 0 Å². The molecule has 1 saturated heterocycles. The van der Waals surface area contributed by atoms with Gasteiger partial charge in [-0.15, -0.1) is 0 Å². The molecule has 0 unspecified atom stereocenters. The van der Waals surface area contributed by atoms with Gasteiger partial charge in [-0.2, -0.15) is 0 Å². The topological polar surface area (TPSA) is 67.2 Å². The molecule has 0 bridgehead atoms. The maximum absolute atomic E-state index is 13.8. The summed E-state index contributed by atoms with van der Waals surface area (Å²) in [5.41, 5.74) is -0.00452. The molecule has 24 heavy (non-hydrogen) atoms. The highest BCUT2D eigenvalue weighted by molar-refractivity contribution is 6.00. The highest BCUT2D eigenvalue weighted by Crippen LogP contribution is 2.27. The zero-order valence-electron chi connectivity index (χ0n) is 12.8. The first-order valence-electron chi connectivity index (χ1n) is 7.53. The number of hydrogen-bond acceptors (Lipinski definition) is 3. The van der Waals surface area contributed by atoms with Crippen LogP contribution in [0.25, 0.3) is 0 Å². The van der Waals surface area contributed by atoms with Crippen molar-refractivity contribution in [1.82, 2.24) is 14.9 Å². The summed E-state index contributed by atoms with van der Waals surface area (Å²) in [5, 5.41) is 2.76. The minimum Gasteiger partial charge on any atom is -0.354 e. The van der Waals surface area contributed by atoms with Crippen molar-refractivity contribution < 1.29 is 18.4 Å². The number of nitrogens with one attached hydrogen (secondary N) is 1. The van der Waals surface area contributed by atoms with E-state index in [1.54, 1.807) is 18.7 Å². The van der Waals surface area contributed by atoms with Crippen LogP contribution in [0, 0.1) is 17.6 Å². The van der Waals surface area contributed by atoms with Crippen molar-refractivity contribution in [3.8, 4) is 0 Å². The standard InChI is InChI=1S/C16H16F2N4O2/c17-12-1-2-14(13(18)8-12)22-9-11(7-15(22)23)16(24)20-4-6-21-5-3-19-10-21/h1-3,5,8,10-11H,4,6-7,9H2,(H,20,24)/t11-/m0/s1. The third kappa shape index (κ3) is 3.42. The molecule has 8 heteroatoms. The molecule has 1 atom stereocenters. The first kappa shape index (κ1) is 16.1. The number of rotatable bonds is 5. The highest BCUT2D eigenvalue weighted by Gasteiger charge is 2.36. The van der Waals surface area contributed by atoms with Gasteiger partial charge in [0.2, 0.25) is 11.8 Å². The number of benzene rings is 1. The van der Waals surface area contributed by atoms with E-state index in [2.05, 4.69) is 10.3 Å². The largest absolute Gasteiger partial charge is 0.354 e. The number of amides is 2. The third-order valence-electron chi connectivity index (χ3n) is 3.92. The number of anilines is 1. The fourth-order valence-corrected chi connectivity index (χ4v) is 2.69. The first-order chi connectivity index (χ1) is 11.5. The van der Waals surface area contributed by atoms with Crippen LogP contribution in [0.2, 0.25) is 0 Å². The average Bonchev–Trinajstić information content (AvgIpc) is 3.17. The van der Waals surface area contributed by atoms with E-state index in [1.165, 1.54) is 11.0 Å². The van der Waals surface area contributed by atoms with E-state index in [1.807, 2.05) is 4.57 Å². The quantitative estimate of drug-likeness (QED) is 0.897. The molecule has 126 valence electrons. The smallest absolute Gasteiger partial charge is 0.227 e. The SMILES string of the molecule is O=C(NCCn1ccnc1)[C@H]1CC(=O)N(c2ccc(F)cc2F)C1. The number of hydrogen-bond donors (Lipinski definition) is 1. The summed E-state index contributed by atoms with van der Waals surface area (Å²) in [4.78, 5) is 29.3. The summed E-state index contributed by atoms with van der Waals surface area (Å²) in [6.45, 7) is 1.06. The van der Waals surface area contributed by atoms with Crippen molar-refractivity contribution in [3.63, 3.8) is 0 Å². The molecule has 1 aromatic carbocycles. The van der Waals surface area contributed by atoms with Crippen LogP contribution in [0.4, 0.5) is 14.5 Å². The van der Waals surface area contributed by atoms with Crippen molar-refractivity contribution in [2.24, 2.45) is 5.92 Å². The number of imidazole rings is 1. The molecule has 0 radical (unpaired) electrons. The summed E-state index contributed by atoms with van der Waals surface area (Å²) < 4.78 is 28.6. The van der Waals surface area contributed by atoms with Crippen LogP contribution < -0.4 is 10.2 Å². The number of carbonyl (C=O) groups excluding carboxylic acids is 2. The molecule has 1 aliphatic heterocycles. The van der Waals surface area contributed by atoms with Crippen molar-refractivity contribution >= 4 is 17.5 Å². The monoisotopic (exact) mass is 334 g/mol. The second-order valence-corrected chi connectivity index (χ2v) is 5.59. The van der Waals surface area contributed by atoms with Gasteiger partial charge in [0.1, 0.15) is 11.6 Å². The minimum atomic E-state index is -0.815. The lowest BCUT2D eigenvalue weighted by molar-refractivity contribution is -0.126. The van der Waals surface area contributed by atoms with E-state index >= 15 is 0 Å². The summed E-state index contributed by atoms with van der Waals surface area (Å²) >= 11 is 0. The predicted molar refractivity (Wildman–Crippen MR) is 82.1 cm³/mol. The van der Waals surface area contributed by atoms with E-state index in [0.29, 0.717) is 13.1 Å². The Morgan fingerprint density at radius 2 is 2.21 bits per heavy atom. The average molecular weight is 334 g/mol. The van der Waals surface area contributed by atoms with Crippen molar-refractivity contribution in [3.05, 3.63) is 48.6 Å². The van der Waals surface area contributed by atoms with Crippen LogP contribution in [0.3, 0.4) is 0 Å². The van der Waals surface area contributed by atoms with Crippen molar-refractivity contribution in [2.45, 2.75) is 13.0 Å². The lowest BCUT2D eigenvalue weighted by Gasteiger charge is -2.17. The first-order valence-corrected chi connectivity index (χ1v) is 7.53. The number of nitrogens with zero attached hydrogens (tertiary/aromatic N) is 3. The lowest BCUT2D eigenvalue weighted by Crippen LogP contribution is -2.34. The van der Waals surface area contributed by atoms with Crippen LogP contribution in [0.15, 0.2) is 36.9 Å². The van der Waals surface area contributed by atoms with E-state index in [4.69, 9.17) is 0 Å². The number of halogens is 2. The molecule has 1 N–H and O–H groups in total. The van der Waals surface area contributed by atoms with E-state index in [9.17, 15) is 18.4 Å². The third-order valence-corrected chi connectivity index (χ3v) is 3.92. The van der Waals surface area contributed by atoms with E-state index < -0.39 is 17.6 Å². The summed E-state index contributed by atoms with van der Waals surface area (Å²) in [6, 6.07) is 3.02. The maximum atomic E-state index is 13.8. The second-order valence-electron chi connectivity index (χ2n) is 5.59. The molecule has 1 aromatic heterocycles. The van der Waals surface area contributed by atoms with E-state index in [0.717, 1.165) is 12.1 Å². The minimum absolute atomic E-state index is 0.00452. The summed E-state index contributed by atoms with van der Waals surface area (Å²) in [6.07, 6.45) is 5.08. The van der Waals surface area contributed by atoms with Crippen LogP contribution in [-0.2, 0) is 16.1 Å². The summed E-state index contributed by atoms with van der Waals surface area (Å²) in [7, 11) is 0. The van der Waals surface area contributed by atoms with Gasteiger partial charge < -0.3 is 14.8 Å². The second kappa shape index (κ2) is 6.77. The van der Waals surface area contributed by atoms with Gasteiger partial charge >= 0.3 is 0 Å². The van der Waals surface area contributed by atoms with Crippen LogP contribution in [0.1, 0.15) is 6.42 Å². The molecule has 2 heterocycles. The Bertz CT molecular complexity index is 749. The Balaban J connectivity index is 1.58. The molecule has 0 saturated carbocycles. The van der Waals surface area contributed by atoms with Gasteiger partial charge in [-0.05, 0) is 12.1 Å². The Morgan fingerprint density at radius 3 is 2.92 bits per heavy atom. The van der Waals surface area contributed by atoms with Crippen LogP contribution in [0.5, 0.6) is 0 Å². The Hall–Kier alpha value is -2.77. The molecule has 3 rings (SSSR count). The van der Waals surface area contributed by atoms with E-state index in [-0.39, 0.29) is 30.5 Å². The highest BCUT2D eigenvalue weighted by atomic mass is 19.1. The maximum Gasteiger partial charge on any atom is 0.227 e. The zero-order chi connectivity index (χ0) is 17.1. The molecule has 1 fully saturated rings. The molecule has 2 aromatic rings. The Labute approximate surface area is 137 Å². The van der Waals surface area contributed by atoms with Crippen LogP contribution >= 0.6 is 0 Å². The van der Waals surface area contributed by atoms with Gasteiger partial charge in [-0.1, -0.05) is 0 Å². The molecule has 1 aliphatic rings. The molecule has 6 nitrogen and oxygen atoms in total. The van der Waals surface area contributed by atoms with Crippen molar-refractivity contribution in [2.75, 3.05) is 18.0 Å². The zero-order valence-corrected chi connectivity index (χ0v) is 12.8. The molecule has 0 spiro atoms. The molecule has 0 aliphatic carbocycles. The lowest BCUT2D eigenvalue weighted by atomic mass is 10.1. The van der Waals surface area contributed by atoms with Gasteiger partial charge in [-0.3, -0.25) is 9.59 Å². The van der Waals surface area contributed by atoms with Gasteiger partial charge in [-0.25, -0.2) is 13.8 Å². The predicted octanol–water partition coefficient (Wildman–Crippen LogP) is 1.33. The number of carbonyl (C=O) groups is 2. The molecular weight excluding hydrogens is 318 g/mol. The van der Waals surface area contributed by atoms with Gasteiger partial charge in [0, 0.05) is 44.5 Å². The van der Waals surface area contributed by atoms with Crippen molar-refractivity contribution in [1.29, 1.82) is 0 Å². The fourth-order valence-electron chi connectivity index (χ4n) is 2.69. The summed E-state index contributed by atoms with van der Waals surface area (Å²) in [5.74, 6) is -2.69. The Kier molecular flexibility index (Phi) is 4.54.